The van der Waals surface area contributed by atoms with E-state index in [4.69, 9.17) is 9.47 Å². The molecule has 338 valence electrons. The topological polar surface area (TPSA) is 230 Å². The molecule has 0 spiro atoms. The van der Waals surface area contributed by atoms with Crippen molar-refractivity contribution in [3.8, 4) is 11.1 Å². The number of Topliss-reactive ketones (excluding diaryl/α,β-unsaturated/α-hetero) is 2. The second-order valence-corrected chi connectivity index (χ2v) is 13.1. The van der Waals surface area contributed by atoms with Gasteiger partial charge in [-0.2, -0.15) is 8.75 Å². The Balaban J connectivity index is 0.00000418. The van der Waals surface area contributed by atoms with Crippen LogP contribution in [-0.4, -0.2) is 133 Å². The van der Waals surface area contributed by atoms with E-state index in [9.17, 15) is 38.4 Å². The highest BCUT2D eigenvalue weighted by Gasteiger charge is 2.23. The number of ketones is 2. The van der Waals surface area contributed by atoms with Crippen molar-refractivity contribution in [1.82, 2.24) is 29.2 Å². The van der Waals surface area contributed by atoms with Crippen LogP contribution < -0.4 is 10.6 Å². The van der Waals surface area contributed by atoms with Crippen LogP contribution in [-0.2, 0) is 38.1 Å². The van der Waals surface area contributed by atoms with Crippen molar-refractivity contribution in [2.45, 2.75) is 81.1 Å². The molecule has 3 aromatic rings. The Morgan fingerprint density at radius 2 is 1.03 bits per heavy atom. The normalized spacial score (nSPS) is 9.80. The predicted octanol–water partition coefficient (Wildman–Crippen LogP) is 5.86. The zero-order chi connectivity index (χ0) is 46.3. The van der Waals surface area contributed by atoms with E-state index in [1.54, 1.807) is 37.3 Å². The Morgan fingerprint density at radius 3 is 1.46 bits per heavy atom. The molecule has 0 saturated carbocycles. The van der Waals surface area contributed by atoms with Crippen molar-refractivity contribution in [1.29, 1.82) is 0 Å². The average molecular weight is 875 g/mol. The van der Waals surface area contributed by atoms with E-state index in [2.05, 4.69) is 56.5 Å². The Hall–Kier alpha value is -5.98. The molecule has 0 saturated heterocycles. The van der Waals surface area contributed by atoms with Crippen LogP contribution in [0.5, 0.6) is 0 Å². The molecule has 61 heavy (non-hydrogen) atoms. The molecule has 0 aliphatic rings. The summed E-state index contributed by atoms with van der Waals surface area (Å²) in [4.78, 5) is 101. The lowest BCUT2D eigenvalue weighted by Crippen LogP contribution is -2.43. The zero-order valence-electron chi connectivity index (χ0n) is 37.0. The van der Waals surface area contributed by atoms with Crippen molar-refractivity contribution in [2.75, 3.05) is 66.7 Å². The highest BCUT2D eigenvalue weighted by atomic mass is 32.1. The first-order valence-electron chi connectivity index (χ1n) is 20.2. The number of benzene rings is 2. The quantitative estimate of drug-likeness (QED) is 0.0817. The number of nitrogens with one attached hydrogen (secondary N) is 2. The van der Waals surface area contributed by atoms with Crippen molar-refractivity contribution >= 4 is 70.3 Å². The Kier molecular flexibility index (Phi) is 28.8. The van der Waals surface area contributed by atoms with Crippen molar-refractivity contribution in [3.63, 3.8) is 0 Å². The van der Waals surface area contributed by atoms with Gasteiger partial charge in [0.2, 0.25) is 17.6 Å². The van der Waals surface area contributed by atoms with Gasteiger partial charge in [-0.15, -0.1) is 0 Å². The number of aromatic nitrogens is 2. The fourth-order valence-corrected chi connectivity index (χ4v) is 5.38. The van der Waals surface area contributed by atoms with E-state index in [-0.39, 0.29) is 42.8 Å². The molecule has 0 aliphatic heterocycles. The van der Waals surface area contributed by atoms with E-state index in [0.29, 0.717) is 29.5 Å². The molecule has 1 aromatic heterocycles. The molecule has 2 N–H and O–H groups in total. The number of fused-ring (bicyclic) bond motifs is 1. The summed E-state index contributed by atoms with van der Waals surface area (Å²) >= 11 is 0.880. The van der Waals surface area contributed by atoms with E-state index in [0.717, 1.165) is 25.9 Å². The third kappa shape index (κ3) is 20.2. The number of nitrogens with zero attached hydrogens (tertiary/aromatic N) is 4. The first kappa shape index (κ1) is 55.0. The Morgan fingerprint density at radius 1 is 0.607 bits per heavy atom. The van der Waals surface area contributed by atoms with Crippen LogP contribution in [0.15, 0.2) is 36.4 Å². The van der Waals surface area contributed by atoms with Gasteiger partial charge in [0, 0.05) is 24.2 Å². The minimum atomic E-state index is -0.814. The van der Waals surface area contributed by atoms with Gasteiger partial charge >= 0.3 is 24.1 Å². The molecule has 18 nitrogen and oxygen atoms in total. The second-order valence-electron chi connectivity index (χ2n) is 12.6. The zero-order valence-corrected chi connectivity index (χ0v) is 37.9. The number of alkyl carbamates (subject to hydrolysis) is 2. The lowest BCUT2D eigenvalue weighted by molar-refractivity contribution is -0.148. The van der Waals surface area contributed by atoms with Crippen LogP contribution in [0.2, 0.25) is 0 Å². The summed E-state index contributed by atoms with van der Waals surface area (Å²) in [5, 5.41) is 4.51. The molecule has 0 fully saturated rings. The van der Waals surface area contributed by atoms with Crippen LogP contribution in [0.25, 0.3) is 22.2 Å². The number of carbonyl (C=O) groups excluding carboxylic acids is 8. The van der Waals surface area contributed by atoms with Crippen LogP contribution >= 0.6 is 11.7 Å². The van der Waals surface area contributed by atoms with Crippen molar-refractivity contribution in [2.24, 2.45) is 0 Å². The van der Waals surface area contributed by atoms with Gasteiger partial charge in [-0.05, 0) is 24.5 Å². The first-order chi connectivity index (χ1) is 29.2. The number of carbonyl (C=O) groups is 8. The fraction of sp³-hybridized carbons (Fsp3) is 0.524. The standard InChI is InChI=1S/C34H40N6O12S.2C3H8.C2H6/c1-5-13-39(27(43)15-35-33(47)49-3)17-29(45)51-19-25(41)22-9-7-21(8-10-22)23-11-12-24(32-31(23)37-53-38-32)26(42)20-52-30(46)18-40(14-6-2)28(44)16-36-34(48)50-4;2*1-3-2;1-2/h7-12H,5-6,13-20H2,1-4H3,(H,35,47)(H,36,48);2*3H2,1-2H3;1-2H3. The lowest BCUT2D eigenvalue weighted by atomic mass is 9.98. The molecule has 19 heteroatoms. The smallest absolute Gasteiger partial charge is 0.407 e. The number of ether oxygens (including phenoxy) is 4. The van der Waals surface area contributed by atoms with Gasteiger partial charge in [-0.1, -0.05) is 98.6 Å². The van der Waals surface area contributed by atoms with Crippen LogP contribution in [0, 0.1) is 0 Å². The van der Waals surface area contributed by atoms with Gasteiger partial charge in [0.15, 0.2) is 19.0 Å². The van der Waals surface area contributed by atoms with Gasteiger partial charge in [0.1, 0.15) is 37.2 Å². The summed E-state index contributed by atoms with van der Waals surface area (Å²) in [7, 11) is 2.31. The van der Waals surface area contributed by atoms with Gasteiger partial charge < -0.3 is 39.4 Å². The highest BCUT2D eigenvalue weighted by Crippen LogP contribution is 2.30. The van der Waals surface area contributed by atoms with E-state index in [1.165, 1.54) is 28.7 Å². The van der Waals surface area contributed by atoms with E-state index in [1.807, 2.05) is 20.8 Å². The lowest BCUT2D eigenvalue weighted by Gasteiger charge is -2.21. The van der Waals surface area contributed by atoms with Crippen LogP contribution in [0.1, 0.15) is 102 Å². The number of hydrogen-bond donors (Lipinski definition) is 2. The molecule has 0 radical (unpaired) electrons. The summed E-state index contributed by atoms with van der Waals surface area (Å²) in [6.45, 7) is 13.8. The monoisotopic (exact) mass is 874 g/mol. The molecule has 2 aromatic carbocycles. The molecule has 0 bridgehead atoms. The number of hydrogen-bond acceptors (Lipinski definition) is 15. The Bertz CT molecular complexity index is 1850. The molecule has 3 rings (SSSR count). The summed E-state index contributed by atoms with van der Waals surface area (Å²) in [5.74, 6) is -3.68. The SMILES string of the molecule is CC.CCC.CCC.CCCN(CC(=O)OCC(=O)c1ccc(-c2ccc(C(=O)COC(=O)CN(CCC)C(=O)CNC(=O)OC)c3nsnc23)cc1)C(=O)CNC(=O)OC. The summed E-state index contributed by atoms with van der Waals surface area (Å²) in [6, 6.07) is 9.58. The molecule has 1 heterocycles. The minimum Gasteiger partial charge on any atom is -0.456 e. The molecule has 0 unspecified atom stereocenters. The minimum absolute atomic E-state index is 0.168. The second kappa shape index (κ2) is 31.9. The number of esters is 2. The highest BCUT2D eigenvalue weighted by molar-refractivity contribution is 7.00. The van der Waals surface area contributed by atoms with Crippen LogP contribution in [0.3, 0.4) is 0 Å². The molecule has 0 aliphatic carbocycles. The maximum absolute atomic E-state index is 13.1. The van der Waals surface area contributed by atoms with Gasteiger partial charge in [0.25, 0.3) is 0 Å². The summed E-state index contributed by atoms with van der Waals surface area (Å²) in [5.41, 5.74) is 2.38. The third-order valence-corrected chi connectivity index (χ3v) is 7.96. The summed E-state index contributed by atoms with van der Waals surface area (Å²) in [6.07, 6.45) is 2.00. The van der Waals surface area contributed by atoms with Crippen molar-refractivity contribution < 1.29 is 57.3 Å². The van der Waals surface area contributed by atoms with Gasteiger partial charge in [0.05, 0.1) is 31.5 Å². The fourth-order valence-electron chi connectivity index (χ4n) is 4.80. The molecular weight excluding hydrogens is 813 g/mol. The van der Waals surface area contributed by atoms with Gasteiger partial charge in [-0.25, -0.2) is 9.59 Å². The predicted molar refractivity (Wildman–Crippen MR) is 231 cm³/mol. The average Bonchev–Trinajstić information content (AvgIpc) is 3.76. The Labute approximate surface area is 362 Å². The summed E-state index contributed by atoms with van der Waals surface area (Å²) < 4.78 is 27.8. The van der Waals surface area contributed by atoms with Gasteiger partial charge in [-0.3, -0.25) is 28.8 Å². The molecular formula is C42H62N6O12S. The molecule has 4 amide bonds. The number of amides is 4. The number of rotatable bonds is 19. The number of methoxy groups -OCH3 is 2. The first-order valence-corrected chi connectivity index (χ1v) is 20.9. The van der Waals surface area contributed by atoms with E-state index < -0.39 is 73.8 Å². The maximum Gasteiger partial charge on any atom is 0.407 e. The van der Waals surface area contributed by atoms with Crippen LogP contribution in [0.4, 0.5) is 9.59 Å². The maximum atomic E-state index is 13.1. The van der Waals surface area contributed by atoms with E-state index >= 15 is 0 Å². The largest absolute Gasteiger partial charge is 0.456 e. The molecule has 0 atom stereocenters. The third-order valence-electron chi connectivity index (χ3n) is 7.43. The van der Waals surface area contributed by atoms with Crippen molar-refractivity contribution in [3.05, 3.63) is 47.5 Å².